The van der Waals surface area contributed by atoms with Crippen molar-refractivity contribution in [3.05, 3.63) is 12.7 Å². The number of carbonyl (C=O) groups is 3. The molecule has 0 heterocycles. The molecule has 0 saturated heterocycles. The van der Waals surface area contributed by atoms with Gasteiger partial charge in [0.2, 0.25) is 5.91 Å². The molecule has 0 bridgehead atoms. The van der Waals surface area contributed by atoms with Crippen molar-refractivity contribution in [1.29, 1.82) is 0 Å². The molecular weight excluding hydrogens is 376 g/mol. The summed E-state index contributed by atoms with van der Waals surface area (Å²) < 4.78 is 0.116. The maximum atomic E-state index is 12.0. The molecule has 0 fully saturated rings. The second-order valence-electron chi connectivity index (χ2n) is 7.63. The second-order valence-corrected chi connectivity index (χ2v) is 7.63. The molecule has 0 aliphatic carbocycles. The number of hydrogen-bond donors (Lipinski definition) is 3. The van der Waals surface area contributed by atoms with Gasteiger partial charge in [0.1, 0.15) is 12.5 Å². The molecule has 8 heteroatoms. The number of aliphatic hydroxyl groups excluding tert-OH is 1. The predicted octanol–water partition coefficient (Wildman–Crippen LogP) is 0.545. The van der Waals surface area contributed by atoms with Crippen LogP contribution < -0.4 is 10.4 Å². The van der Waals surface area contributed by atoms with E-state index < -0.39 is 23.8 Å². The summed E-state index contributed by atoms with van der Waals surface area (Å²) in [5, 5.41) is 33.4. The number of unbranched alkanes of at least 4 members (excludes halogenated alkanes) is 2. The first kappa shape index (κ1) is 27.1. The number of amides is 1. The van der Waals surface area contributed by atoms with Crippen LogP contribution in [0, 0.1) is 11.8 Å². The first-order chi connectivity index (χ1) is 13.7. The van der Waals surface area contributed by atoms with Crippen LogP contribution in [-0.2, 0) is 14.4 Å². The van der Waals surface area contributed by atoms with Gasteiger partial charge < -0.3 is 29.9 Å². The van der Waals surface area contributed by atoms with Gasteiger partial charge in [-0.3, -0.25) is 9.59 Å². The molecule has 0 radical (unpaired) electrons. The number of rotatable bonds is 18. The topological polar surface area (TPSA) is 127 Å². The Kier molecular flexibility index (Phi) is 14.0. The van der Waals surface area contributed by atoms with Crippen molar-refractivity contribution < 1.29 is 34.2 Å². The lowest BCUT2D eigenvalue weighted by Crippen LogP contribution is -2.59. The Morgan fingerprint density at radius 2 is 1.72 bits per heavy atom. The molecule has 0 aromatic carbocycles. The fourth-order valence-corrected chi connectivity index (χ4v) is 3.55. The molecular formula is C21H38N2O6. The van der Waals surface area contributed by atoms with Crippen LogP contribution in [0.25, 0.3) is 0 Å². The van der Waals surface area contributed by atoms with E-state index in [9.17, 15) is 29.7 Å². The van der Waals surface area contributed by atoms with Crippen LogP contribution in [0.3, 0.4) is 0 Å². The Morgan fingerprint density at radius 3 is 2.21 bits per heavy atom. The van der Waals surface area contributed by atoms with Gasteiger partial charge >= 0.3 is 5.97 Å². The number of allylic oxidation sites excluding steroid dienone is 1. The summed E-state index contributed by atoms with van der Waals surface area (Å²) in [5.41, 5.74) is 0. The van der Waals surface area contributed by atoms with Gasteiger partial charge in [-0.15, -0.1) is 6.58 Å². The molecule has 1 amide bonds. The summed E-state index contributed by atoms with van der Waals surface area (Å²) in [4.78, 5) is 35.1. The number of carboxylic acid groups (broad SMARTS) is 2. The van der Waals surface area contributed by atoms with Gasteiger partial charge in [0, 0.05) is 12.3 Å². The minimum Gasteiger partial charge on any atom is -0.550 e. The molecule has 0 aliphatic rings. The maximum Gasteiger partial charge on any atom is 0.312 e. The Bertz CT molecular complexity index is 499. The van der Waals surface area contributed by atoms with Gasteiger partial charge in [0.25, 0.3) is 0 Å². The van der Waals surface area contributed by atoms with Crippen molar-refractivity contribution in [2.45, 2.75) is 52.4 Å². The molecule has 8 nitrogen and oxygen atoms in total. The normalized spacial score (nSPS) is 15.1. The first-order valence-electron chi connectivity index (χ1n) is 10.5. The minimum atomic E-state index is -1.18. The zero-order valence-electron chi connectivity index (χ0n) is 17.9. The molecule has 0 aliphatic heterocycles. The van der Waals surface area contributed by atoms with Gasteiger partial charge in [-0.1, -0.05) is 19.9 Å². The van der Waals surface area contributed by atoms with Crippen LogP contribution in [0.4, 0.5) is 0 Å². The summed E-state index contributed by atoms with van der Waals surface area (Å²) in [6, 6.07) is 0. The van der Waals surface area contributed by atoms with E-state index in [4.69, 9.17) is 0 Å². The fourth-order valence-electron chi connectivity index (χ4n) is 3.55. The third-order valence-corrected chi connectivity index (χ3v) is 5.43. The fraction of sp³-hybridized carbons (Fsp3) is 0.762. The van der Waals surface area contributed by atoms with Crippen LogP contribution in [0.5, 0.6) is 0 Å². The monoisotopic (exact) mass is 414 g/mol. The number of carbonyl (C=O) groups excluding carboxylic acids is 2. The molecule has 0 aromatic rings. The van der Waals surface area contributed by atoms with Crippen molar-refractivity contribution in [3.63, 3.8) is 0 Å². The van der Waals surface area contributed by atoms with Crippen molar-refractivity contribution in [2.24, 2.45) is 11.8 Å². The number of quaternary nitrogens is 1. The van der Waals surface area contributed by atoms with Gasteiger partial charge in [-0.25, -0.2) is 0 Å². The smallest absolute Gasteiger partial charge is 0.312 e. The van der Waals surface area contributed by atoms with Gasteiger partial charge in [0.15, 0.2) is 0 Å². The zero-order chi connectivity index (χ0) is 22.3. The summed E-state index contributed by atoms with van der Waals surface area (Å²) >= 11 is 0. The van der Waals surface area contributed by atoms with Crippen molar-refractivity contribution >= 4 is 17.8 Å². The largest absolute Gasteiger partial charge is 0.550 e. The lowest BCUT2D eigenvalue weighted by molar-refractivity contribution is -0.932. The molecule has 3 atom stereocenters. The highest BCUT2D eigenvalue weighted by Crippen LogP contribution is 2.19. The van der Waals surface area contributed by atoms with Crippen molar-refractivity contribution in [1.82, 2.24) is 5.32 Å². The molecule has 0 aromatic heterocycles. The average molecular weight is 415 g/mol. The summed E-state index contributed by atoms with van der Waals surface area (Å²) in [5.74, 6) is -3.62. The van der Waals surface area contributed by atoms with E-state index in [1.807, 2.05) is 6.08 Å². The van der Waals surface area contributed by atoms with Gasteiger partial charge in [-0.05, 0) is 32.1 Å². The molecule has 3 N–H and O–H groups in total. The quantitative estimate of drug-likeness (QED) is 0.171. The van der Waals surface area contributed by atoms with Crippen LogP contribution in [0.15, 0.2) is 12.7 Å². The molecule has 29 heavy (non-hydrogen) atoms. The first-order valence-corrected chi connectivity index (χ1v) is 10.5. The second kappa shape index (κ2) is 15.0. The lowest BCUT2D eigenvalue weighted by atomic mass is 9.99. The highest BCUT2D eigenvalue weighted by molar-refractivity contribution is 5.75. The average Bonchev–Trinajstić information content (AvgIpc) is 2.67. The Balaban J connectivity index is 5.20. The van der Waals surface area contributed by atoms with Gasteiger partial charge in [0.05, 0.1) is 38.8 Å². The van der Waals surface area contributed by atoms with Crippen LogP contribution in [0.1, 0.15) is 52.4 Å². The van der Waals surface area contributed by atoms with E-state index >= 15 is 0 Å². The highest BCUT2D eigenvalue weighted by Gasteiger charge is 2.35. The van der Waals surface area contributed by atoms with Crippen LogP contribution in [-0.4, -0.2) is 71.9 Å². The Labute approximate surface area is 174 Å². The number of aliphatic hydroxyl groups is 1. The van der Waals surface area contributed by atoms with Crippen LogP contribution >= 0.6 is 0 Å². The van der Waals surface area contributed by atoms with E-state index in [0.29, 0.717) is 32.4 Å². The minimum absolute atomic E-state index is 0.0895. The SMILES string of the molecule is C=CCCCCC(=O)NCC[N+](CCO)(CC(CC)C(=O)[O-])CC(CC)C(=O)O. The van der Waals surface area contributed by atoms with E-state index in [2.05, 4.69) is 11.9 Å². The Morgan fingerprint density at radius 1 is 1.10 bits per heavy atom. The molecule has 0 spiro atoms. The molecule has 3 unspecified atom stereocenters. The molecule has 0 rings (SSSR count). The van der Waals surface area contributed by atoms with Gasteiger partial charge in [-0.2, -0.15) is 0 Å². The number of hydrogen-bond acceptors (Lipinski definition) is 5. The summed E-state index contributed by atoms with van der Waals surface area (Å²) in [7, 11) is 0. The number of nitrogens with zero attached hydrogens (tertiary/aromatic N) is 1. The van der Waals surface area contributed by atoms with Crippen LogP contribution in [0.2, 0.25) is 0 Å². The van der Waals surface area contributed by atoms with Crippen molar-refractivity contribution in [2.75, 3.05) is 39.3 Å². The lowest BCUT2D eigenvalue weighted by Gasteiger charge is -2.42. The maximum absolute atomic E-state index is 12.0. The standard InChI is InChI=1S/C21H38N2O6/c1-4-7-8-9-10-19(25)22-11-12-23(13-14-24,15-17(5-2)20(26)27)16-18(6-3)21(28)29/h4,17-18,24H,1,5-16H2,2-3H3,(H2-,22,25,26,27,28,29). The molecule has 168 valence electrons. The molecule has 0 saturated carbocycles. The number of aliphatic carboxylic acids is 2. The summed E-state index contributed by atoms with van der Waals surface area (Å²) in [6.07, 6.45) is 5.48. The van der Waals surface area contributed by atoms with Crippen molar-refractivity contribution in [3.8, 4) is 0 Å². The summed E-state index contributed by atoms with van der Waals surface area (Å²) in [6.45, 7) is 8.20. The Hall–Kier alpha value is -1.93. The zero-order valence-corrected chi connectivity index (χ0v) is 17.9. The third kappa shape index (κ3) is 11.0. The van der Waals surface area contributed by atoms with E-state index in [-0.39, 0.29) is 36.6 Å². The third-order valence-electron chi connectivity index (χ3n) is 5.43. The number of carboxylic acids is 2. The highest BCUT2D eigenvalue weighted by atomic mass is 16.4. The number of nitrogens with one attached hydrogen (secondary N) is 1. The predicted molar refractivity (Wildman–Crippen MR) is 109 cm³/mol. The van der Waals surface area contributed by atoms with E-state index in [0.717, 1.165) is 19.3 Å². The van der Waals surface area contributed by atoms with E-state index in [1.165, 1.54) is 0 Å². The van der Waals surface area contributed by atoms with E-state index in [1.54, 1.807) is 13.8 Å².